The van der Waals surface area contributed by atoms with Gasteiger partial charge in [-0.25, -0.2) is 0 Å². The first kappa shape index (κ1) is 9.40. The molecule has 0 aromatic heterocycles. The van der Waals surface area contributed by atoms with Crippen LogP contribution in [-0.2, 0) is 0 Å². The van der Waals surface area contributed by atoms with Crippen LogP contribution in [0.2, 0.25) is 0 Å². The van der Waals surface area contributed by atoms with Crippen LogP contribution >= 0.6 is 11.8 Å². The predicted octanol–water partition coefficient (Wildman–Crippen LogP) is 3.66. The molecule has 0 spiro atoms. The SMILES string of the molecule is CC=CCSc1cccc(C)c1. The molecule has 0 unspecified atom stereocenters. The molecular formula is C11H14S. The Morgan fingerprint density at radius 2 is 2.25 bits per heavy atom. The fourth-order valence-corrected chi connectivity index (χ4v) is 1.87. The van der Waals surface area contributed by atoms with Crippen LogP contribution in [0.4, 0.5) is 0 Å². The van der Waals surface area contributed by atoms with Crippen LogP contribution in [0.1, 0.15) is 12.5 Å². The van der Waals surface area contributed by atoms with E-state index in [-0.39, 0.29) is 0 Å². The van der Waals surface area contributed by atoms with Crippen LogP contribution in [0.3, 0.4) is 0 Å². The summed E-state index contributed by atoms with van der Waals surface area (Å²) in [7, 11) is 0. The summed E-state index contributed by atoms with van der Waals surface area (Å²) in [6.07, 6.45) is 4.26. The second kappa shape index (κ2) is 5.04. The summed E-state index contributed by atoms with van der Waals surface area (Å²) in [4.78, 5) is 1.35. The normalized spacial score (nSPS) is 10.8. The minimum Gasteiger partial charge on any atom is -0.122 e. The highest BCUT2D eigenvalue weighted by Crippen LogP contribution is 2.18. The monoisotopic (exact) mass is 178 g/mol. The number of benzene rings is 1. The van der Waals surface area contributed by atoms with E-state index in [1.807, 2.05) is 11.8 Å². The Morgan fingerprint density at radius 1 is 1.42 bits per heavy atom. The second-order valence-electron chi connectivity index (χ2n) is 2.70. The summed E-state index contributed by atoms with van der Waals surface area (Å²) in [5.74, 6) is 1.07. The van der Waals surface area contributed by atoms with Crippen molar-refractivity contribution < 1.29 is 0 Å². The zero-order valence-electron chi connectivity index (χ0n) is 7.58. The number of thioether (sulfide) groups is 1. The van der Waals surface area contributed by atoms with Crippen LogP contribution in [-0.4, -0.2) is 5.75 Å². The van der Waals surface area contributed by atoms with Crippen molar-refractivity contribution in [1.82, 2.24) is 0 Å². The standard InChI is InChI=1S/C11H14S/c1-3-4-8-12-11-7-5-6-10(2)9-11/h3-7,9H,8H2,1-2H3. The minimum absolute atomic E-state index is 1.07. The first-order valence-electron chi connectivity index (χ1n) is 4.13. The van der Waals surface area contributed by atoms with Gasteiger partial charge in [-0.15, -0.1) is 11.8 Å². The molecule has 0 fully saturated rings. The van der Waals surface area contributed by atoms with Gasteiger partial charge in [0.05, 0.1) is 0 Å². The van der Waals surface area contributed by atoms with E-state index in [0.717, 1.165) is 5.75 Å². The third-order valence-corrected chi connectivity index (χ3v) is 2.52. The molecule has 0 nitrogen and oxygen atoms in total. The third kappa shape index (κ3) is 3.14. The summed E-state index contributed by atoms with van der Waals surface area (Å²) < 4.78 is 0. The van der Waals surface area contributed by atoms with Crippen LogP contribution in [0.15, 0.2) is 41.3 Å². The number of hydrogen-bond donors (Lipinski definition) is 0. The molecule has 1 rings (SSSR count). The van der Waals surface area contributed by atoms with Crippen molar-refractivity contribution >= 4 is 11.8 Å². The van der Waals surface area contributed by atoms with Crippen LogP contribution in [0.25, 0.3) is 0 Å². The van der Waals surface area contributed by atoms with Crippen LogP contribution in [0.5, 0.6) is 0 Å². The smallest absolute Gasteiger partial charge is 0.0160 e. The van der Waals surface area contributed by atoms with Crippen molar-refractivity contribution in [2.75, 3.05) is 5.75 Å². The molecule has 12 heavy (non-hydrogen) atoms. The fraction of sp³-hybridized carbons (Fsp3) is 0.273. The molecule has 0 atom stereocenters. The Labute approximate surface area is 78.7 Å². The number of rotatable bonds is 3. The summed E-state index contributed by atoms with van der Waals surface area (Å²) in [6, 6.07) is 8.60. The lowest BCUT2D eigenvalue weighted by Gasteiger charge is -1.98. The average molecular weight is 178 g/mol. The van der Waals surface area contributed by atoms with Crippen molar-refractivity contribution in [3.05, 3.63) is 42.0 Å². The highest BCUT2D eigenvalue weighted by atomic mass is 32.2. The highest BCUT2D eigenvalue weighted by molar-refractivity contribution is 7.99. The largest absolute Gasteiger partial charge is 0.122 e. The maximum atomic E-state index is 2.22. The van der Waals surface area contributed by atoms with E-state index in [0.29, 0.717) is 0 Å². The van der Waals surface area contributed by atoms with E-state index in [1.54, 1.807) is 0 Å². The van der Waals surface area contributed by atoms with Gasteiger partial charge in [0.25, 0.3) is 0 Å². The quantitative estimate of drug-likeness (QED) is 0.503. The Bertz CT molecular complexity index is 263. The Kier molecular flexibility index (Phi) is 3.95. The Morgan fingerprint density at radius 3 is 2.92 bits per heavy atom. The molecule has 0 bridgehead atoms. The van der Waals surface area contributed by atoms with Gasteiger partial charge in [-0.2, -0.15) is 0 Å². The van der Waals surface area contributed by atoms with Crippen LogP contribution in [0, 0.1) is 6.92 Å². The first-order valence-corrected chi connectivity index (χ1v) is 5.12. The molecule has 0 heterocycles. The zero-order valence-corrected chi connectivity index (χ0v) is 8.40. The molecule has 1 aromatic carbocycles. The van der Waals surface area contributed by atoms with Gasteiger partial charge in [-0.3, -0.25) is 0 Å². The maximum absolute atomic E-state index is 2.22. The summed E-state index contributed by atoms with van der Waals surface area (Å²) >= 11 is 1.87. The molecule has 0 saturated carbocycles. The van der Waals surface area contributed by atoms with E-state index in [1.165, 1.54) is 10.5 Å². The third-order valence-electron chi connectivity index (χ3n) is 1.57. The molecule has 0 aliphatic rings. The number of hydrogen-bond acceptors (Lipinski definition) is 1. The van der Waals surface area contributed by atoms with Crippen molar-refractivity contribution in [3.8, 4) is 0 Å². The van der Waals surface area contributed by atoms with Gasteiger partial charge in [0.1, 0.15) is 0 Å². The van der Waals surface area contributed by atoms with Crippen molar-refractivity contribution in [1.29, 1.82) is 0 Å². The summed E-state index contributed by atoms with van der Waals surface area (Å²) in [6.45, 7) is 4.18. The average Bonchev–Trinajstić information content (AvgIpc) is 2.05. The molecule has 0 N–H and O–H groups in total. The van der Waals surface area contributed by atoms with E-state index in [9.17, 15) is 0 Å². The lowest BCUT2D eigenvalue weighted by atomic mass is 10.2. The lowest BCUT2D eigenvalue weighted by molar-refractivity contribution is 1.36. The van der Waals surface area contributed by atoms with Gasteiger partial charge < -0.3 is 0 Å². The van der Waals surface area contributed by atoms with Crippen LogP contribution < -0.4 is 0 Å². The molecule has 64 valence electrons. The summed E-state index contributed by atoms with van der Waals surface area (Å²) in [5.41, 5.74) is 1.33. The maximum Gasteiger partial charge on any atom is 0.0160 e. The fourth-order valence-electron chi connectivity index (χ4n) is 0.946. The van der Waals surface area contributed by atoms with E-state index in [4.69, 9.17) is 0 Å². The van der Waals surface area contributed by atoms with Gasteiger partial charge in [-0.05, 0) is 26.0 Å². The summed E-state index contributed by atoms with van der Waals surface area (Å²) in [5, 5.41) is 0. The van der Waals surface area contributed by atoms with E-state index < -0.39 is 0 Å². The Balaban J connectivity index is 2.52. The molecule has 0 radical (unpaired) electrons. The first-order chi connectivity index (χ1) is 5.83. The van der Waals surface area contributed by atoms with E-state index in [2.05, 4.69) is 50.3 Å². The zero-order chi connectivity index (χ0) is 8.81. The molecule has 0 saturated heterocycles. The molecule has 0 aliphatic carbocycles. The second-order valence-corrected chi connectivity index (χ2v) is 3.79. The minimum atomic E-state index is 1.07. The Hall–Kier alpha value is -0.690. The molecule has 0 aliphatic heterocycles. The van der Waals surface area contributed by atoms with Gasteiger partial charge in [0.15, 0.2) is 0 Å². The van der Waals surface area contributed by atoms with Gasteiger partial charge >= 0.3 is 0 Å². The number of allylic oxidation sites excluding steroid dienone is 1. The van der Waals surface area contributed by atoms with Crippen molar-refractivity contribution in [3.63, 3.8) is 0 Å². The topological polar surface area (TPSA) is 0 Å². The predicted molar refractivity (Wildman–Crippen MR) is 56.7 cm³/mol. The van der Waals surface area contributed by atoms with Crippen molar-refractivity contribution in [2.45, 2.75) is 18.7 Å². The highest BCUT2D eigenvalue weighted by Gasteiger charge is 1.90. The van der Waals surface area contributed by atoms with E-state index >= 15 is 0 Å². The van der Waals surface area contributed by atoms with Gasteiger partial charge in [0, 0.05) is 10.6 Å². The van der Waals surface area contributed by atoms with Gasteiger partial charge in [0.2, 0.25) is 0 Å². The lowest BCUT2D eigenvalue weighted by Crippen LogP contribution is -1.75. The number of aryl methyl sites for hydroxylation is 1. The van der Waals surface area contributed by atoms with Gasteiger partial charge in [-0.1, -0.05) is 29.8 Å². The van der Waals surface area contributed by atoms with Crippen molar-refractivity contribution in [2.24, 2.45) is 0 Å². The molecule has 1 aromatic rings. The molecule has 1 heteroatoms. The molecule has 0 amide bonds. The molecular weight excluding hydrogens is 164 g/mol.